The van der Waals surface area contributed by atoms with Crippen LogP contribution in [0.25, 0.3) is 0 Å². The van der Waals surface area contributed by atoms with Crippen molar-refractivity contribution in [2.24, 2.45) is 33.1 Å². The Balaban J connectivity index is 0.00000242. The van der Waals surface area contributed by atoms with Crippen molar-refractivity contribution in [2.75, 3.05) is 0 Å². The lowest BCUT2D eigenvalue weighted by molar-refractivity contribution is 0.305. The number of hydrogen-bond acceptors (Lipinski definition) is 1. The van der Waals surface area contributed by atoms with Gasteiger partial charge in [0.25, 0.3) is 0 Å². The van der Waals surface area contributed by atoms with Gasteiger partial charge in [-0.1, -0.05) is 31.0 Å². The average molecular weight is 328 g/mol. The Kier molecular flexibility index (Phi) is 7.11. The fourth-order valence-corrected chi connectivity index (χ4v) is 2.87. The zero-order valence-corrected chi connectivity index (χ0v) is 13.2. The van der Waals surface area contributed by atoms with Gasteiger partial charge in [0.05, 0.1) is 6.04 Å². The number of hydrogen-bond donors (Lipinski definition) is 3. The Bertz CT molecular complexity index is 542. The first-order valence-electron chi connectivity index (χ1n) is 7.22. The highest BCUT2D eigenvalue weighted by Gasteiger charge is 2.26. The summed E-state index contributed by atoms with van der Waals surface area (Å²) in [4.78, 5) is 8.16. The van der Waals surface area contributed by atoms with E-state index < -0.39 is 0 Å². The Labute approximate surface area is 136 Å². The van der Waals surface area contributed by atoms with Crippen LogP contribution in [0.2, 0.25) is 0 Å². The van der Waals surface area contributed by atoms with Crippen molar-refractivity contribution >= 4 is 24.3 Å². The molecule has 5 nitrogen and oxygen atoms in total. The molecule has 1 aliphatic carbocycles. The van der Waals surface area contributed by atoms with Crippen LogP contribution in [0.3, 0.4) is 0 Å². The van der Waals surface area contributed by atoms with Gasteiger partial charge in [-0.15, -0.1) is 12.4 Å². The highest BCUT2D eigenvalue weighted by Crippen LogP contribution is 2.30. The van der Waals surface area contributed by atoms with E-state index in [1.165, 1.54) is 6.07 Å². The number of nitrogens with two attached hydrogens (primary N) is 3. The summed E-state index contributed by atoms with van der Waals surface area (Å²) in [6, 6.07) is 6.91. The molecule has 22 heavy (non-hydrogen) atoms. The SMILES string of the molecule is Cl.NC(N)=NC(N)=NC1CCCCC1Cc1ccccc1F. The molecule has 0 radical (unpaired) electrons. The minimum Gasteiger partial charge on any atom is -0.370 e. The molecule has 2 unspecified atom stereocenters. The molecule has 2 rings (SSSR count). The van der Waals surface area contributed by atoms with Crippen molar-refractivity contribution in [3.8, 4) is 0 Å². The first-order chi connectivity index (χ1) is 10.1. The van der Waals surface area contributed by atoms with Crippen molar-refractivity contribution in [1.29, 1.82) is 0 Å². The molecule has 1 aromatic rings. The van der Waals surface area contributed by atoms with Crippen molar-refractivity contribution in [1.82, 2.24) is 0 Å². The van der Waals surface area contributed by atoms with Gasteiger partial charge in [-0.05, 0) is 36.8 Å². The molecule has 0 heterocycles. The van der Waals surface area contributed by atoms with Gasteiger partial charge in [0, 0.05) is 0 Å². The summed E-state index contributed by atoms with van der Waals surface area (Å²) in [7, 11) is 0. The highest BCUT2D eigenvalue weighted by molar-refractivity contribution is 5.92. The van der Waals surface area contributed by atoms with Crippen molar-refractivity contribution in [3.63, 3.8) is 0 Å². The fraction of sp³-hybridized carbons (Fsp3) is 0.467. The third-order valence-corrected chi connectivity index (χ3v) is 3.85. The maximum atomic E-state index is 13.8. The molecule has 0 saturated heterocycles. The van der Waals surface area contributed by atoms with Gasteiger partial charge in [-0.25, -0.2) is 9.38 Å². The molecule has 1 aliphatic rings. The molecule has 0 aliphatic heterocycles. The van der Waals surface area contributed by atoms with Gasteiger partial charge in [0.1, 0.15) is 5.82 Å². The van der Waals surface area contributed by atoms with Crippen LogP contribution in [0.1, 0.15) is 31.2 Å². The topological polar surface area (TPSA) is 103 Å². The van der Waals surface area contributed by atoms with Crippen LogP contribution in [-0.2, 0) is 6.42 Å². The van der Waals surface area contributed by atoms with E-state index in [9.17, 15) is 4.39 Å². The molecule has 7 heteroatoms. The quantitative estimate of drug-likeness (QED) is 0.583. The van der Waals surface area contributed by atoms with E-state index in [1.54, 1.807) is 6.07 Å². The van der Waals surface area contributed by atoms with Crippen LogP contribution in [0.15, 0.2) is 34.3 Å². The number of halogens is 2. The van der Waals surface area contributed by atoms with Crippen LogP contribution in [0.5, 0.6) is 0 Å². The van der Waals surface area contributed by atoms with Crippen molar-refractivity contribution in [3.05, 3.63) is 35.6 Å². The van der Waals surface area contributed by atoms with E-state index in [4.69, 9.17) is 17.2 Å². The van der Waals surface area contributed by atoms with Crippen LogP contribution in [0, 0.1) is 11.7 Å². The second-order valence-corrected chi connectivity index (χ2v) is 5.43. The van der Waals surface area contributed by atoms with Gasteiger partial charge in [0.2, 0.25) is 5.96 Å². The van der Waals surface area contributed by atoms with Gasteiger partial charge in [-0.3, -0.25) is 0 Å². The molecule has 0 amide bonds. The molecule has 1 fully saturated rings. The van der Waals surface area contributed by atoms with Gasteiger partial charge < -0.3 is 17.2 Å². The Hall–Kier alpha value is -1.82. The molecule has 0 spiro atoms. The van der Waals surface area contributed by atoms with Crippen molar-refractivity contribution in [2.45, 2.75) is 38.1 Å². The van der Waals surface area contributed by atoms with E-state index in [1.807, 2.05) is 12.1 Å². The third kappa shape index (κ3) is 5.18. The zero-order chi connectivity index (χ0) is 15.2. The van der Waals surface area contributed by atoms with Crippen molar-refractivity contribution < 1.29 is 4.39 Å². The molecule has 1 aromatic carbocycles. The summed E-state index contributed by atoms with van der Waals surface area (Å²) in [5.74, 6) is 0.101. The fourth-order valence-electron chi connectivity index (χ4n) is 2.87. The largest absolute Gasteiger partial charge is 0.370 e. The standard InChI is InChI=1S/C15H22FN5.ClH/c16-12-7-3-1-5-10(12)9-11-6-2-4-8-13(11)20-15(19)21-14(17)18;/h1,3,5,7,11,13H,2,4,6,8-9H2,(H6,17,18,19,20,21);1H. The zero-order valence-electron chi connectivity index (χ0n) is 12.4. The highest BCUT2D eigenvalue weighted by atomic mass is 35.5. The molecule has 0 bridgehead atoms. The lowest BCUT2D eigenvalue weighted by Crippen LogP contribution is -2.30. The first kappa shape index (κ1) is 18.2. The summed E-state index contributed by atoms with van der Waals surface area (Å²) >= 11 is 0. The molecule has 0 aromatic heterocycles. The van der Waals surface area contributed by atoms with Crippen LogP contribution < -0.4 is 17.2 Å². The van der Waals surface area contributed by atoms with Gasteiger partial charge in [0.15, 0.2) is 5.96 Å². The van der Waals surface area contributed by atoms with E-state index in [-0.39, 0.29) is 42.1 Å². The number of guanidine groups is 2. The molecule has 122 valence electrons. The summed E-state index contributed by atoms with van der Waals surface area (Å²) in [5, 5.41) is 0. The minimum atomic E-state index is -0.164. The third-order valence-electron chi connectivity index (χ3n) is 3.85. The molecular weight excluding hydrogens is 305 g/mol. The average Bonchev–Trinajstić information content (AvgIpc) is 2.42. The minimum absolute atomic E-state index is 0. The van der Waals surface area contributed by atoms with Gasteiger partial charge in [-0.2, -0.15) is 4.99 Å². The van der Waals surface area contributed by atoms with Gasteiger partial charge >= 0.3 is 0 Å². The monoisotopic (exact) mass is 327 g/mol. The lowest BCUT2D eigenvalue weighted by atomic mass is 9.81. The smallest absolute Gasteiger partial charge is 0.218 e. The number of aliphatic imine (C=N–C) groups is 2. The Morgan fingerprint density at radius 2 is 1.82 bits per heavy atom. The molecule has 2 atom stereocenters. The van der Waals surface area contributed by atoms with Crippen LogP contribution in [0.4, 0.5) is 4.39 Å². The second kappa shape index (κ2) is 8.58. The van der Waals surface area contributed by atoms with E-state index in [0.29, 0.717) is 6.42 Å². The van der Waals surface area contributed by atoms with E-state index in [0.717, 1.165) is 31.2 Å². The van der Waals surface area contributed by atoms with E-state index in [2.05, 4.69) is 9.98 Å². The number of nitrogens with zero attached hydrogens (tertiary/aromatic N) is 2. The Morgan fingerprint density at radius 3 is 2.50 bits per heavy atom. The number of rotatable bonds is 3. The predicted octanol–water partition coefficient (Wildman–Crippen LogP) is 1.94. The second-order valence-electron chi connectivity index (χ2n) is 5.43. The maximum absolute atomic E-state index is 13.8. The molecule has 6 N–H and O–H groups in total. The summed E-state index contributed by atoms with van der Waals surface area (Å²) < 4.78 is 13.8. The maximum Gasteiger partial charge on any atom is 0.218 e. The first-order valence-corrected chi connectivity index (χ1v) is 7.22. The summed E-state index contributed by atoms with van der Waals surface area (Å²) in [6.45, 7) is 0. The van der Waals surface area contributed by atoms with Crippen LogP contribution in [-0.4, -0.2) is 18.0 Å². The normalized spacial score (nSPS) is 21.8. The predicted molar refractivity (Wildman–Crippen MR) is 90.5 cm³/mol. The lowest BCUT2D eigenvalue weighted by Gasteiger charge is -2.29. The Morgan fingerprint density at radius 1 is 1.14 bits per heavy atom. The molecule has 1 saturated carbocycles. The molecular formula is C15H23ClFN5. The number of benzene rings is 1. The summed E-state index contributed by atoms with van der Waals surface area (Å²) in [6.07, 6.45) is 4.83. The van der Waals surface area contributed by atoms with Crippen LogP contribution >= 0.6 is 12.4 Å². The van der Waals surface area contributed by atoms with E-state index >= 15 is 0 Å². The summed E-state index contributed by atoms with van der Waals surface area (Å²) in [5.41, 5.74) is 17.0.